The lowest BCUT2D eigenvalue weighted by atomic mass is 9.69. The lowest BCUT2D eigenvalue weighted by molar-refractivity contribution is -0.179. The van der Waals surface area contributed by atoms with Gasteiger partial charge in [0, 0.05) is 0 Å². The topological polar surface area (TPSA) is 26.3 Å². The Morgan fingerprint density at radius 1 is 1.16 bits per heavy atom. The minimum Gasteiger partial charge on any atom is -0.457 e. The molecule has 0 aromatic rings. The van der Waals surface area contributed by atoms with Gasteiger partial charge in [-0.3, -0.25) is 0 Å². The van der Waals surface area contributed by atoms with E-state index in [0.29, 0.717) is 5.92 Å². The largest absolute Gasteiger partial charge is 0.457 e. The monoisotopic (exact) mass is 270 g/mol. The van der Waals surface area contributed by atoms with Gasteiger partial charge in [0.25, 0.3) is 0 Å². The molecule has 110 valence electrons. The summed E-state index contributed by atoms with van der Waals surface area (Å²) in [5.41, 5.74) is -0.338. The quantitative estimate of drug-likeness (QED) is 0.700. The van der Waals surface area contributed by atoms with Crippen LogP contribution in [0.5, 0.6) is 0 Å². The maximum absolute atomic E-state index is 13.5. The number of hydrogen-bond donors (Lipinski definition) is 0. The number of ether oxygens (including phenoxy) is 1. The number of carbonyl (C=O) groups is 1. The molecule has 2 saturated carbocycles. The van der Waals surface area contributed by atoms with Gasteiger partial charge in [-0.25, -0.2) is 9.18 Å². The van der Waals surface area contributed by atoms with Crippen molar-refractivity contribution in [1.82, 2.24) is 0 Å². The fraction of sp³-hybridized carbons (Fsp3) is 0.938. The highest BCUT2D eigenvalue weighted by molar-refractivity contribution is 5.75. The average molecular weight is 270 g/mol. The predicted octanol–water partition coefficient (Wildman–Crippen LogP) is 4.56. The van der Waals surface area contributed by atoms with Crippen LogP contribution in [0.2, 0.25) is 0 Å². The van der Waals surface area contributed by atoms with E-state index in [1.807, 2.05) is 0 Å². The molecule has 0 aliphatic heterocycles. The van der Waals surface area contributed by atoms with Gasteiger partial charge in [0.05, 0.1) is 0 Å². The van der Waals surface area contributed by atoms with Crippen molar-refractivity contribution in [3.05, 3.63) is 0 Å². The Bertz CT molecular complexity index is 291. The first-order chi connectivity index (χ1) is 9.18. The van der Waals surface area contributed by atoms with Crippen LogP contribution in [0, 0.1) is 5.92 Å². The van der Waals surface area contributed by atoms with Crippen molar-refractivity contribution in [3.63, 3.8) is 0 Å². The van der Waals surface area contributed by atoms with Crippen molar-refractivity contribution in [2.75, 3.05) is 0 Å². The van der Waals surface area contributed by atoms with E-state index in [0.717, 1.165) is 38.5 Å². The lowest BCUT2D eigenvalue weighted by Gasteiger charge is -2.44. The first-order valence-corrected chi connectivity index (χ1v) is 8.05. The Morgan fingerprint density at radius 3 is 2.32 bits per heavy atom. The van der Waals surface area contributed by atoms with E-state index >= 15 is 0 Å². The lowest BCUT2D eigenvalue weighted by Crippen LogP contribution is -2.46. The number of esters is 1. The standard InChI is InChI=1S/C16H27FO2/c1-2-14(17)15(18)19-16(11-7-4-8-12-16)13-9-5-3-6-10-13/h13-14H,2-12H2,1H3/t14-/m0/s1. The second kappa shape index (κ2) is 6.71. The van der Waals surface area contributed by atoms with Crippen LogP contribution in [0.15, 0.2) is 0 Å². The molecule has 0 radical (unpaired) electrons. The zero-order chi connectivity index (χ0) is 13.7. The van der Waals surface area contributed by atoms with Crippen LogP contribution in [0.4, 0.5) is 4.39 Å². The summed E-state index contributed by atoms with van der Waals surface area (Å²) in [7, 11) is 0. The molecule has 2 nitrogen and oxygen atoms in total. The third-order valence-electron chi connectivity index (χ3n) is 4.97. The number of carbonyl (C=O) groups excluding carboxylic acids is 1. The second-order valence-electron chi connectivity index (χ2n) is 6.26. The highest BCUT2D eigenvalue weighted by Crippen LogP contribution is 2.44. The Morgan fingerprint density at radius 2 is 1.74 bits per heavy atom. The normalized spacial score (nSPS) is 25.8. The molecule has 0 saturated heterocycles. The van der Waals surface area contributed by atoms with Gasteiger partial charge in [0.2, 0.25) is 0 Å². The third-order valence-corrected chi connectivity index (χ3v) is 4.97. The van der Waals surface area contributed by atoms with E-state index < -0.39 is 12.1 Å². The molecule has 0 aromatic carbocycles. The number of halogens is 1. The van der Waals surface area contributed by atoms with Gasteiger partial charge in [0.15, 0.2) is 6.17 Å². The van der Waals surface area contributed by atoms with E-state index in [1.54, 1.807) is 6.92 Å². The van der Waals surface area contributed by atoms with Crippen LogP contribution in [0.1, 0.15) is 77.6 Å². The van der Waals surface area contributed by atoms with E-state index in [2.05, 4.69) is 0 Å². The van der Waals surface area contributed by atoms with E-state index in [4.69, 9.17) is 4.74 Å². The fourth-order valence-electron chi connectivity index (χ4n) is 3.80. The average Bonchev–Trinajstić information content (AvgIpc) is 2.48. The third kappa shape index (κ3) is 3.49. The van der Waals surface area contributed by atoms with Crippen LogP contribution >= 0.6 is 0 Å². The van der Waals surface area contributed by atoms with Crippen LogP contribution < -0.4 is 0 Å². The van der Waals surface area contributed by atoms with E-state index in [-0.39, 0.29) is 12.0 Å². The first-order valence-electron chi connectivity index (χ1n) is 8.05. The molecule has 0 spiro atoms. The molecular formula is C16H27FO2. The molecule has 0 unspecified atom stereocenters. The van der Waals surface area contributed by atoms with Gasteiger partial charge < -0.3 is 4.74 Å². The molecule has 0 amide bonds. The highest BCUT2D eigenvalue weighted by atomic mass is 19.1. The zero-order valence-corrected chi connectivity index (χ0v) is 12.1. The summed E-state index contributed by atoms with van der Waals surface area (Å²) in [4.78, 5) is 11.9. The number of alkyl halides is 1. The van der Waals surface area contributed by atoms with Gasteiger partial charge in [0.1, 0.15) is 5.60 Å². The number of rotatable bonds is 4. The second-order valence-corrected chi connectivity index (χ2v) is 6.26. The van der Waals surface area contributed by atoms with Gasteiger partial charge in [-0.05, 0) is 50.9 Å². The van der Waals surface area contributed by atoms with Crippen LogP contribution in [0.25, 0.3) is 0 Å². The summed E-state index contributed by atoms with van der Waals surface area (Å²) in [5.74, 6) is -0.149. The zero-order valence-electron chi connectivity index (χ0n) is 12.1. The summed E-state index contributed by atoms with van der Waals surface area (Å²) in [6.45, 7) is 1.69. The maximum atomic E-state index is 13.5. The fourth-order valence-corrected chi connectivity index (χ4v) is 3.80. The Hall–Kier alpha value is -0.600. The minimum absolute atomic E-state index is 0.222. The van der Waals surface area contributed by atoms with Crippen LogP contribution in [-0.4, -0.2) is 17.7 Å². The molecule has 0 aromatic heterocycles. The Labute approximate surface area is 116 Å². The van der Waals surface area contributed by atoms with E-state index in [1.165, 1.54) is 25.7 Å². The smallest absolute Gasteiger partial charge is 0.341 e. The molecule has 3 heteroatoms. The molecule has 2 aliphatic rings. The van der Waals surface area contributed by atoms with Crippen molar-refractivity contribution < 1.29 is 13.9 Å². The molecule has 2 fully saturated rings. The molecule has 19 heavy (non-hydrogen) atoms. The predicted molar refractivity (Wildman–Crippen MR) is 73.7 cm³/mol. The first kappa shape index (κ1) is 14.8. The van der Waals surface area contributed by atoms with Crippen molar-refractivity contribution >= 4 is 5.97 Å². The minimum atomic E-state index is -1.44. The van der Waals surface area contributed by atoms with Crippen LogP contribution in [0.3, 0.4) is 0 Å². The van der Waals surface area contributed by atoms with Crippen LogP contribution in [-0.2, 0) is 9.53 Å². The van der Waals surface area contributed by atoms with Gasteiger partial charge >= 0.3 is 5.97 Å². The van der Waals surface area contributed by atoms with Gasteiger partial charge in [-0.15, -0.1) is 0 Å². The molecule has 2 aliphatic carbocycles. The molecule has 1 atom stereocenters. The molecule has 0 N–H and O–H groups in total. The van der Waals surface area contributed by atoms with Gasteiger partial charge in [-0.2, -0.15) is 0 Å². The Balaban J connectivity index is 2.07. The van der Waals surface area contributed by atoms with E-state index in [9.17, 15) is 9.18 Å². The van der Waals surface area contributed by atoms with Crippen molar-refractivity contribution in [2.45, 2.75) is 89.3 Å². The molecular weight excluding hydrogens is 243 g/mol. The maximum Gasteiger partial charge on any atom is 0.341 e. The molecule has 2 rings (SSSR count). The SMILES string of the molecule is CC[C@H](F)C(=O)OC1(C2CCCCC2)CCCCC1. The summed E-state index contributed by atoms with van der Waals surface area (Å²) in [6.07, 6.45) is 10.2. The summed E-state index contributed by atoms with van der Waals surface area (Å²) >= 11 is 0. The molecule has 0 heterocycles. The Kier molecular flexibility index (Phi) is 5.23. The summed E-state index contributed by atoms with van der Waals surface area (Å²) < 4.78 is 19.3. The summed E-state index contributed by atoms with van der Waals surface area (Å²) in [5, 5.41) is 0. The molecule has 0 bridgehead atoms. The number of hydrogen-bond acceptors (Lipinski definition) is 2. The van der Waals surface area contributed by atoms with Gasteiger partial charge in [-0.1, -0.05) is 32.6 Å². The van der Waals surface area contributed by atoms with Crippen molar-refractivity contribution in [1.29, 1.82) is 0 Å². The van der Waals surface area contributed by atoms with Crippen molar-refractivity contribution in [3.8, 4) is 0 Å². The summed E-state index contributed by atoms with van der Waals surface area (Å²) in [6, 6.07) is 0. The highest BCUT2D eigenvalue weighted by Gasteiger charge is 2.44. The van der Waals surface area contributed by atoms with Crippen molar-refractivity contribution in [2.24, 2.45) is 5.92 Å².